The first-order valence-electron chi connectivity index (χ1n) is 6.69. The van der Waals surface area contributed by atoms with Crippen LogP contribution in [0.1, 0.15) is 22.3 Å². The molecule has 2 rings (SSSR count). The van der Waals surface area contributed by atoms with E-state index in [2.05, 4.69) is 5.32 Å². The van der Waals surface area contributed by atoms with E-state index in [1.54, 1.807) is 0 Å². The maximum atomic E-state index is 13.0. The summed E-state index contributed by atoms with van der Waals surface area (Å²) in [6, 6.07) is 3.60. The lowest BCUT2D eigenvalue weighted by molar-refractivity contribution is -0.136. The third-order valence-electron chi connectivity index (χ3n) is 3.35. The summed E-state index contributed by atoms with van der Waals surface area (Å²) in [5.74, 6) is -0.395. The van der Waals surface area contributed by atoms with Crippen LogP contribution in [0.5, 0.6) is 0 Å². The first-order valence-corrected chi connectivity index (χ1v) is 6.69. The van der Waals surface area contributed by atoms with E-state index in [0.29, 0.717) is 32.7 Å². The number of alkyl halides is 3. The quantitative estimate of drug-likeness (QED) is 0.913. The number of anilines is 1. The Bertz CT molecular complexity index is 509. The van der Waals surface area contributed by atoms with Crippen LogP contribution in [0, 0.1) is 0 Å². The maximum Gasteiger partial charge on any atom is 0.418 e. The Morgan fingerprint density at radius 3 is 2.71 bits per heavy atom. The molecule has 1 heterocycles. The second-order valence-electron chi connectivity index (χ2n) is 4.77. The van der Waals surface area contributed by atoms with E-state index >= 15 is 0 Å². The van der Waals surface area contributed by atoms with E-state index in [1.165, 1.54) is 24.1 Å². The van der Waals surface area contributed by atoms with Gasteiger partial charge in [0, 0.05) is 38.0 Å². The Morgan fingerprint density at radius 2 is 2.05 bits per heavy atom. The fourth-order valence-electron chi connectivity index (χ4n) is 2.26. The van der Waals surface area contributed by atoms with Gasteiger partial charge >= 0.3 is 6.18 Å². The van der Waals surface area contributed by atoms with Crippen LogP contribution in [0.3, 0.4) is 0 Å². The summed E-state index contributed by atoms with van der Waals surface area (Å²) in [6.07, 6.45) is -3.82. The zero-order chi connectivity index (χ0) is 15.5. The number of hydrogen-bond acceptors (Lipinski definition) is 3. The van der Waals surface area contributed by atoms with E-state index in [4.69, 9.17) is 4.74 Å². The minimum atomic E-state index is -4.50. The summed E-state index contributed by atoms with van der Waals surface area (Å²) in [4.78, 5) is 13.8. The number of benzene rings is 1. The van der Waals surface area contributed by atoms with Crippen molar-refractivity contribution in [2.75, 3.05) is 38.7 Å². The van der Waals surface area contributed by atoms with Crippen molar-refractivity contribution in [1.29, 1.82) is 0 Å². The number of carbonyl (C=O) groups excluding carboxylic acids is 1. The molecule has 1 aliphatic heterocycles. The van der Waals surface area contributed by atoms with E-state index in [-0.39, 0.29) is 11.3 Å². The summed E-state index contributed by atoms with van der Waals surface area (Å²) in [7, 11) is 1.41. The van der Waals surface area contributed by atoms with Crippen LogP contribution in [0.4, 0.5) is 18.9 Å². The first-order chi connectivity index (χ1) is 9.93. The fraction of sp³-hybridized carbons (Fsp3) is 0.500. The van der Waals surface area contributed by atoms with Gasteiger partial charge in [0.05, 0.1) is 12.2 Å². The molecule has 0 spiro atoms. The molecule has 1 N–H and O–H groups in total. The van der Waals surface area contributed by atoms with Crippen molar-refractivity contribution in [1.82, 2.24) is 4.90 Å². The molecule has 1 aromatic carbocycles. The van der Waals surface area contributed by atoms with Crippen LogP contribution in [0.25, 0.3) is 0 Å². The van der Waals surface area contributed by atoms with Gasteiger partial charge in [0.25, 0.3) is 5.91 Å². The van der Waals surface area contributed by atoms with Crippen molar-refractivity contribution in [3.05, 3.63) is 29.3 Å². The van der Waals surface area contributed by atoms with Gasteiger partial charge < -0.3 is 15.0 Å². The maximum absolute atomic E-state index is 13.0. The lowest BCUT2D eigenvalue weighted by atomic mass is 10.1. The summed E-state index contributed by atoms with van der Waals surface area (Å²) in [6.45, 7) is 1.87. The first kappa shape index (κ1) is 15.6. The molecule has 1 aromatic rings. The fourth-order valence-corrected chi connectivity index (χ4v) is 2.26. The highest BCUT2D eigenvalue weighted by molar-refractivity contribution is 5.95. The molecule has 0 radical (unpaired) electrons. The Morgan fingerprint density at radius 1 is 1.29 bits per heavy atom. The average molecular weight is 302 g/mol. The van der Waals surface area contributed by atoms with Gasteiger partial charge in [-0.2, -0.15) is 13.2 Å². The largest absolute Gasteiger partial charge is 0.418 e. The van der Waals surface area contributed by atoms with Gasteiger partial charge in [0.15, 0.2) is 0 Å². The number of nitrogens with zero attached hydrogens (tertiary/aromatic N) is 1. The zero-order valence-electron chi connectivity index (χ0n) is 11.7. The van der Waals surface area contributed by atoms with Gasteiger partial charge in [0.1, 0.15) is 0 Å². The molecule has 0 saturated carbocycles. The monoisotopic (exact) mass is 302 g/mol. The summed E-state index contributed by atoms with van der Waals surface area (Å²) < 4.78 is 44.2. The summed E-state index contributed by atoms with van der Waals surface area (Å²) in [5.41, 5.74) is -0.830. The minimum Gasteiger partial charge on any atom is -0.388 e. The molecule has 1 saturated heterocycles. The number of nitrogens with one attached hydrogen (secondary N) is 1. The van der Waals surface area contributed by atoms with Crippen molar-refractivity contribution in [3.8, 4) is 0 Å². The highest BCUT2D eigenvalue weighted by atomic mass is 19.4. The van der Waals surface area contributed by atoms with Gasteiger partial charge in [-0.15, -0.1) is 0 Å². The van der Waals surface area contributed by atoms with Crippen molar-refractivity contribution >= 4 is 11.6 Å². The van der Waals surface area contributed by atoms with Crippen LogP contribution >= 0.6 is 0 Å². The Kier molecular flexibility index (Phi) is 4.72. The highest BCUT2D eigenvalue weighted by Crippen LogP contribution is 2.35. The van der Waals surface area contributed by atoms with Crippen molar-refractivity contribution in [2.45, 2.75) is 12.6 Å². The van der Waals surface area contributed by atoms with Gasteiger partial charge in [0.2, 0.25) is 0 Å². The van der Waals surface area contributed by atoms with Crippen molar-refractivity contribution in [3.63, 3.8) is 0 Å². The topological polar surface area (TPSA) is 41.6 Å². The van der Waals surface area contributed by atoms with E-state index in [0.717, 1.165) is 6.07 Å². The molecule has 21 heavy (non-hydrogen) atoms. The number of carbonyl (C=O) groups is 1. The molecular formula is C14H17F3N2O2. The van der Waals surface area contributed by atoms with Crippen LogP contribution in [-0.4, -0.2) is 44.2 Å². The van der Waals surface area contributed by atoms with Crippen molar-refractivity contribution < 1.29 is 22.7 Å². The molecule has 1 fully saturated rings. The van der Waals surface area contributed by atoms with E-state index in [9.17, 15) is 18.0 Å². The van der Waals surface area contributed by atoms with Gasteiger partial charge in [-0.3, -0.25) is 4.79 Å². The average Bonchev–Trinajstić information content (AvgIpc) is 2.74. The highest BCUT2D eigenvalue weighted by Gasteiger charge is 2.34. The number of hydrogen-bond donors (Lipinski definition) is 1. The molecule has 4 nitrogen and oxygen atoms in total. The second kappa shape index (κ2) is 6.34. The number of rotatable bonds is 2. The number of halogens is 3. The lowest BCUT2D eigenvalue weighted by Gasteiger charge is -2.21. The predicted molar refractivity (Wildman–Crippen MR) is 72.3 cm³/mol. The van der Waals surface area contributed by atoms with E-state index < -0.39 is 17.6 Å². The molecule has 0 aliphatic carbocycles. The number of ether oxygens (including phenoxy) is 1. The molecule has 0 aromatic heterocycles. The van der Waals surface area contributed by atoms with E-state index in [1.807, 2.05) is 0 Å². The molecule has 0 bridgehead atoms. The van der Waals surface area contributed by atoms with Gasteiger partial charge in [-0.25, -0.2) is 0 Å². The van der Waals surface area contributed by atoms with Gasteiger partial charge in [-0.05, 0) is 24.6 Å². The smallest absolute Gasteiger partial charge is 0.388 e. The predicted octanol–water partition coefficient (Wildman–Crippen LogP) is 2.61. The van der Waals surface area contributed by atoms with Crippen molar-refractivity contribution in [2.24, 2.45) is 0 Å². The summed E-state index contributed by atoms with van der Waals surface area (Å²) >= 11 is 0. The molecular weight excluding hydrogens is 285 g/mol. The van der Waals surface area contributed by atoms with Crippen LogP contribution in [0.2, 0.25) is 0 Å². The standard InChI is InChI=1S/C14H17F3N2O2/c1-18-12-4-3-10(9-11(12)14(15,16)17)13(20)19-5-2-7-21-8-6-19/h3-4,9,18H,2,5-8H2,1H3. The SMILES string of the molecule is CNc1ccc(C(=O)N2CCCOCC2)cc1C(F)(F)F. The van der Waals surface area contributed by atoms with Crippen LogP contribution < -0.4 is 5.32 Å². The zero-order valence-corrected chi connectivity index (χ0v) is 11.7. The second-order valence-corrected chi connectivity index (χ2v) is 4.77. The molecule has 1 aliphatic rings. The van der Waals surface area contributed by atoms with Crippen LogP contribution in [0.15, 0.2) is 18.2 Å². The summed E-state index contributed by atoms with van der Waals surface area (Å²) in [5, 5.41) is 2.49. The Hall–Kier alpha value is -1.76. The molecule has 1 amide bonds. The molecule has 0 unspecified atom stereocenters. The Balaban J connectivity index is 2.29. The third-order valence-corrected chi connectivity index (χ3v) is 3.35. The molecule has 7 heteroatoms. The van der Waals surface area contributed by atoms with Crippen LogP contribution in [-0.2, 0) is 10.9 Å². The lowest BCUT2D eigenvalue weighted by Crippen LogP contribution is -2.33. The Labute approximate surface area is 120 Å². The molecule has 116 valence electrons. The normalized spacial score (nSPS) is 16.5. The molecule has 0 atom stereocenters. The third kappa shape index (κ3) is 3.66. The van der Waals surface area contributed by atoms with Gasteiger partial charge in [-0.1, -0.05) is 0 Å². The minimum absolute atomic E-state index is 0.0433. The number of amides is 1.